The number of alkyl halides is 2. The molecule has 124 valence electrons. The van der Waals surface area contributed by atoms with Crippen molar-refractivity contribution in [3.8, 4) is 0 Å². The first-order valence-electron chi connectivity index (χ1n) is 7.37. The molecule has 0 N–H and O–H groups in total. The van der Waals surface area contributed by atoms with Crippen LogP contribution in [0.4, 0.5) is 17.6 Å². The summed E-state index contributed by atoms with van der Waals surface area (Å²) in [5, 5.41) is 4.26. The molecule has 1 heterocycles. The van der Waals surface area contributed by atoms with E-state index in [0.717, 1.165) is 24.1 Å². The van der Waals surface area contributed by atoms with Crippen molar-refractivity contribution in [1.29, 1.82) is 0 Å². The highest BCUT2D eigenvalue weighted by Crippen LogP contribution is 2.21. The summed E-state index contributed by atoms with van der Waals surface area (Å²) >= 11 is 0. The molecule has 2 rings (SSSR count). The standard InChI is InChI=1S/C17H18F4N2/c1-3-4-11(2)16-8-14(9-17(20)21)23(22-16)10-12-5-6-13(18)7-15(12)19/h5-8,17H,2-4,9-10H2,1H3. The van der Waals surface area contributed by atoms with Gasteiger partial charge in [0, 0.05) is 17.3 Å². The van der Waals surface area contributed by atoms with E-state index in [1.807, 2.05) is 6.92 Å². The fourth-order valence-electron chi connectivity index (χ4n) is 2.33. The summed E-state index contributed by atoms with van der Waals surface area (Å²) < 4.78 is 53.5. The minimum Gasteiger partial charge on any atom is -0.264 e. The maximum Gasteiger partial charge on any atom is 0.244 e. The van der Waals surface area contributed by atoms with Crippen LogP contribution in [0, 0.1) is 11.6 Å². The minimum atomic E-state index is -2.53. The molecule has 1 aromatic carbocycles. The Balaban J connectivity index is 2.32. The molecular formula is C17H18F4N2. The monoisotopic (exact) mass is 326 g/mol. The minimum absolute atomic E-state index is 0.0342. The number of aromatic nitrogens is 2. The molecule has 23 heavy (non-hydrogen) atoms. The molecule has 0 saturated carbocycles. The molecule has 0 bridgehead atoms. The average molecular weight is 326 g/mol. The second-order valence-electron chi connectivity index (χ2n) is 5.36. The topological polar surface area (TPSA) is 17.8 Å². The maximum absolute atomic E-state index is 13.8. The van der Waals surface area contributed by atoms with E-state index in [4.69, 9.17) is 0 Å². The summed E-state index contributed by atoms with van der Waals surface area (Å²) in [4.78, 5) is 0. The highest BCUT2D eigenvalue weighted by atomic mass is 19.3. The first-order valence-corrected chi connectivity index (χ1v) is 7.37. The lowest BCUT2D eigenvalue weighted by Crippen LogP contribution is -2.10. The van der Waals surface area contributed by atoms with E-state index in [0.29, 0.717) is 17.8 Å². The molecule has 0 atom stereocenters. The Labute approximate surface area is 132 Å². The predicted molar refractivity (Wildman–Crippen MR) is 81.3 cm³/mol. The average Bonchev–Trinajstić information content (AvgIpc) is 2.84. The molecular weight excluding hydrogens is 308 g/mol. The summed E-state index contributed by atoms with van der Waals surface area (Å²) in [5.41, 5.74) is 1.78. The Morgan fingerprint density at radius 1 is 1.26 bits per heavy atom. The zero-order chi connectivity index (χ0) is 17.0. The van der Waals surface area contributed by atoms with Gasteiger partial charge in [-0.15, -0.1) is 0 Å². The molecule has 0 aliphatic heterocycles. The predicted octanol–water partition coefficient (Wildman–Crippen LogP) is 4.83. The lowest BCUT2D eigenvalue weighted by atomic mass is 10.1. The number of allylic oxidation sites excluding steroid dienone is 1. The third-order valence-electron chi connectivity index (χ3n) is 3.48. The Morgan fingerprint density at radius 3 is 2.61 bits per heavy atom. The molecule has 2 nitrogen and oxygen atoms in total. The van der Waals surface area contributed by atoms with Crippen LogP contribution in [0.3, 0.4) is 0 Å². The zero-order valence-electron chi connectivity index (χ0n) is 12.8. The normalized spacial score (nSPS) is 11.2. The Bertz CT molecular complexity index is 692. The highest BCUT2D eigenvalue weighted by Gasteiger charge is 2.16. The van der Waals surface area contributed by atoms with Gasteiger partial charge in [-0.3, -0.25) is 4.68 Å². The van der Waals surface area contributed by atoms with Crippen LogP contribution >= 0.6 is 0 Å². The van der Waals surface area contributed by atoms with Gasteiger partial charge in [0.05, 0.1) is 18.7 Å². The third-order valence-corrected chi connectivity index (χ3v) is 3.48. The van der Waals surface area contributed by atoms with Crippen LogP contribution in [0.2, 0.25) is 0 Å². The van der Waals surface area contributed by atoms with Gasteiger partial charge in [-0.2, -0.15) is 5.10 Å². The fraction of sp³-hybridized carbons (Fsp3) is 0.353. The third kappa shape index (κ3) is 4.43. The van der Waals surface area contributed by atoms with E-state index in [1.54, 1.807) is 6.07 Å². The van der Waals surface area contributed by atoms with E-state index >= 15 is 0 Å². The van der Waals surface area contributed by atoms with Crippen LogP contribution < -0.4 is 0 Å². The second-order valence-corrected chi connectivity index (χ2v) is 5.36. The van der Waals surface area contributed by atoms with Crippen molar-refractivity contribution in [3.05, 3.63) is 59.4 Å². The number of hydrogen-bond acceptors (Lipinski definition) is 1. The number of nitrogens with zero attached hydrogens (tertiary/aromatic N) is 2. The van der Waals surface area contributed by atoms with Crippen LogP contribution in [0.1, 0.15) is 36.7 Å². The van der Waals surface area contributed by atoms with Gasteiger partial charge in [0.25, 0.3) is 0 Å². The SMILES string of the molecule is C=C(CCC)c1cc(CC(F)F)n(Cc2ccc(F)cc2F)n1. The van der Waals surface area contributed by atoms with Crippen LogP contribution in [0.15, 0.2) is 30.8 Å². The summed E-state index contributed by atoms with van der Waals surface area (Å²) in [5.74, 6) is -1.41. The van der Waals surface area contributed by atoms with Crippen molar-refractivity contribution in [2.24, 2.45) is 0 Å². The van der Waals surface area contributed by atoms with Crippen molar-refractivity contribution < 1.29 is 17.6 Å². The number of hydrogen-bond donors (Lipinski definition) is 0. The van der Waals surface area contributed by atoms with E-state index in [-0.39, 0.29) is 12.1 Å². The van der Waals surface area contributed by atoms with Crippen molar-refractivity contribution >= 4 is 5.57 Å². The Kier molecular flexibility index (Phi) is 5.58. The van der Waals surface area contributed by atoms with Crippen LogP contribution in [0.5, 0.6) is 0 Å². The van der Waals surface area contributed by atoms with Crippen molar-refractivity contribution in [3.63, 3.8) is 0 Å². The van der Waals surface area contributed by atoms with Gasteiger partial charge in [0.1, 0.15) is 11.6 Å². The van der Waals surface area contributed by atoms with Crippen LogP contribution in [-0.4, -0.2) is 16.2 Å². The zero-order valence-corrected chi connectivity index (χ0v) is 12.8. The first-order chi connectivity index (χ1) is 10.9. The molecule has 0 amide bonds. The Morgan fingerprint density at radius 2 is 2.00 bits per heavy atom. The highest BCUT2D eigenvalue weighted by molar-refractivity contribution is 5.60. The summed E-state index contributed by atoms with van der Waals surface area (Å²) in [6.45, 7) is 5.85. The van der Waals surface area contributed by atoms with E-state index in [9.17, 15) is 17.6 Å². The molecule has 0 saturated heterocycles. The van der Waals surface area contributed by atoms with Crippen LogP contribution in [-0.2, 0) is 13.0 Å². The number of halogens is 4. The second kappa shape index (κ2) is 7.44. The fourth-order valence-corrected chi connectivity index (χ4v) is 2.33. The molecule has 6 heteroatoms. The smallest absolute Gasteiger partial charge is 0.244 e. The van der Waals surface area contributed by atoms with Crippen LogP contribution in [0.25, 0.3) is 5.57 Å². The van der Waals surface area contributed by atoms with Gasteiger partial charge in [-0.1, -0.05) is 26.0 Å². The number of benzene rings is 1. The molecule has 0 fully saturated rings. The summed E-state index contributed by atoms with van der Waals surface area (Å²) in [6, 6.07) is 4.75. The van der Waals surface area contributed by atoms with Gasteiger partial charge in [-0.05, 0) is 24.1 Å². The van der Waals surface area contributed by atoms with Crippen molar-refractivity contribution in [1.82, 2.24) is 9.78 Å². The van der Waals surface area contributed by atoms with Crippen molar-refractivity contribution in [2.45, 2.75) is 39.2 Å². The first kappa shape index (κ1) is 17.2. The maximum atomic E-state index is 13.8. The van der Waals surface area contributed by atoms with E-state index in [1.165, 1.54) is 10.7 Å². The van der Waals surface area contributed by atoms with Gasteiger partial charge in [0.2, 0.25) is 6.43 Å². The Hall–Kier alpha value is -2.11. The lowest BCUT2D eigenvalue weighted by molar-refractivity contribution is 0.146. The summed E-state index contributed by atoms with van der Waals surface area (Å²) in [7, 11) is 0. The van der Waals surface area contributed by atoms with Gasteiger partial charge >= 0.3 is 0 Å². The molecule has 0 spiro atoms. The summed E-state index contributed by atoms with van der Waals surface area (Å²) in [6.07, 6.45) is -1.44. The molecule has 2 aromatic rings. The number of rotatable bonds is 7. The molecule has 0 aliphatic rings. The molecule has 0 unspecified atom stereocenters. The molecule has 0 radical (unpaired) electrons. The van der Waals surface area contributed by atoms with Gasteiger partial charge < -0.3 is 0 Å². The molecule has 1 aromatic heterocycles. The largest absolute Gasteiger partial charge is 0.264 e. The molecule has 0 aliphatic carbocycles. The van der Waals surface area contributed by atoms with E-state index in [2.05, 4.69) is 11.7 Å². The van der Waals surface area contributed by atoms with Crippen molar-refractivity contribution in [2.75, 3.05) is 0 Å². The lowest BCUT2D eigenvalue weighted by Gasteiger charge is -2.08. The quantitative estimate of drug-likeness (QED) is 0.666. The van der Waals surface area contributed by atoms with Gasteiger partial charge in [-0.25, -0.2) is 17.6 Å². The van der Waals surface area contributed by atoms with Gasteiger partial charge in [0.15, 0.2) is 0 Å². The van der Waals surface area contributed by atoms with E-state index < -0.39 is 24.5 Å².